The van der Waals surface area contributed by atoms with Gasteiger partial charge < -0.3 is 10.1 Å². The van der Waals surface area contributed by atoms with Gasteiger partial charge in [-0.3, -0.25) is 9.59 Å². The second-order valence-corrected chi connectivity index (χ2v) is 5.82. The lowest BCUT2D eigenvalue weighted by Gasteiger charge is -2.17. The van der Waals surface area contributed by atoms with Crippen molar-refractivity contribution in [1.82, 2.24) is 5.32 Å². The Morgan fingerprint density at radius 2 is 1.81 bits per heavy atom. The fourth-order valence-electron chi connectivity index (χ4n) is 1.18. The van der Waals surface area contributed by atoms with Crippen molar-refractivity contribution < 1.29 is 14.3 Å². The van der Waals surface area contributed by atoms with E-state index in [9.17, 15) is 9.59 Å². The Morgan fingerprint density at radius 1 is 1.25 bits per heavy atom. The van der Waals surface area contributed by atoms with E-state index < -0.39 is 0 Å². The molecule has 0 aromatic carbocycles. The van der Waals surface area contributed by atoms with E-state index in [2.05, 4.69) is 10.1 Å². The van der Waals surface area contributed by atoms with Crippen LogP contribution in [0.4, 0.5) is 0 Å². The summed E-state index contributed by atoms with van der Waals surface area (Å²) in [6, 6.07) is 0.145. The topological polar surface area (TPSA) is 55.4 Å². The Bertz CT molecular complexity index is 243. The van der Waals surface area contributed by atoms with Crippen LogP contribution in [-0.4, -0.2) is 35.5 Å². The van der Waals surface area contributed by atoms with E-state index in [1.54, 1.807) is 0 Å². The molecule has 2 unspecified atom stereocenters. The highest BCUT2D eigenvalue weighted by Gasteiger charge is 2.19. The van der Waals surface area contributed by atoms with Crippen LogP contribution in [0, 0.1) is 0 Å². The van der Waals surface area contributed by atoms with Gasteiger partial charge in [0.25, 0.3) is 0 Å². The van der Waals surface area contributed by atoms with Gasteiger partial charge in [0.1, 0.15) is 0 Å². The molecule has 1 amide bonds. The molecule has 0 radical (unpaired) electrons. The second-order valence-electron chi connectivity index (χ2n) is 4.03. The Balaban J connectivity index is 3.98. The molecule has 0 aliphatic rings. The van der Waals surface area contributed by atoms with E-state index in [4.69, 9.17) is 0 Å². The van der Waals surface area contributed by atoms with Crippen molar-refractivity contribution in [3.8, 4) is 0 Å². The SMILES string of the molecule is COC(=O)CC(C)SC(C)C(=O)NC(C)C. The number of esters is 1. The maximum absolute atomic E-state index is 11.6. The molecule has 0 fully saturated rings. The fourth-order valence-corrected chi connectivity index (χ4v) is 2.30. The number of amides is 1. The predicted molar refractivity (Wildman–Crippen MR) is 66.4 cm³/mol. The molecule has 0 saturated carbocycles. The van der Waals surface area contributed by atoms with E-state index in [1.165, 1.54) is 18.9 Å². The summed E-state index contributed by atoms with van der Waals surface area (Å²) in [6.45, 7) is 7.61. The number of hydrogen-bond acceptors (Lipinski definition) is 4. The minimum Gasteiger partial charge on any atom is -0.469 e. The molecular formula is C11H21NO3S. The van der Waals surface area contributed by atoms with Crippen LogP contribution in [0.3, 0.4) is 0 Å². The molecular weight excluding hydrogens is 226 g/mol. The second kappa shape index (κ2) is 7.54. The van der Waals surface area contributed by atoms with Crippen molar-refractivity contribution in [2.45, 2.75) is 50.7 Å². The number of methoxy groups -OCH3 is 1. The summed E-state index contributed by atoms with van der Waals surface area (Å²) in [7, 11) is 1.37. The molecule has 0 aromatic rings. The zero-order valence-corrected chi connectivity index (χ0v) is 11.4. The van der Waals surface area contributed by atoms with Gasteiger partial charge in [0.15, 0.2) is 0 Å². The molecule has 0 bridgehead atoms. The van der Waals surface area contributed by atoms with Gasteiger partial charge in [0, 0.05) is 11.3 Å². The highest BCUT2D eigenvalue weighted by molar-refractivity contribution is 8.01. The third-order valence-electron chi connectivity index (χ3n) is 1.92. The first kappa shape index (κ1) is 15.3. The third kappa shape index (κ3) is 6.71. The van der Waals surface area contributed by atoms with Crippen LogP contribution >= 0.6 is 11.8 Å². The van der Waals surface area contributed by atoms with Gasteiger partial charge in [0.2, 0.25) is 5.91 Å². The van der Waals surface area contributed by atoms with E-state index in [0.717, 1.165) is 0 Å². The van der Waals surface area contributed by atoms with Gasteiger partial charge in [-0.2, -0.15) is 0 Å². The third-order valence-corrected chi connectivity index (χ3v) is 3.17. The molecule has 0 rings (SSSR count). The quantitative estimate of drug-likeness (QED) is 0.724. The fraction of sp³-hybridized carbons (Fsp3) is 0.818. The lowest BCUT2D eigenvalue weighted by Crippen LogP contribution is -2.36. The Kier molecular flexibility index (Phi) is 7.21. The number of ether oxygens (including phenoxy) is 1. The van der Waals surface area contributed by atoms with Crippen molar-refractivity contribution in [1.29, 1.82) is 0 Å². The maximum atomic E-state index is 11.6. The van der Waals surface area contributed by atoms with E-state index in [1.807, 2.05) is 27.7 Å². The van der Waals surface area contributed by atoms with E-state index in [0.29, 0.717) is 6.42 Å². The number of carbonyl (C=O) groups excluding carboxylic acids is 2. The number of carbonyl (C=O) groups is 2. The molecule has 0 aromatic heterocycles. The lowest BCUT2D eigenvalue weighted by atomic mass is 10.3. The molecule has 5 heteroatoms. The zero-order valence-electron chi connectivity index (χ0n) is 10.6. The largest absolute Gasteiger partial charge is 0.469 e. The van der Waals surface area contributed by atoms with Crippen LogP contribution in [0.25, 0.3) is 0 Å². The van der Waals surface area contributed by atoms with Crippen LogP contribution in [0.5, 0.6) is 0 Å². The molecule has 4 nitrogen and oxygen atoms in total. The molecule has 94 valence electrons. The van der Waals surface area contributed by atoms with Crippen molar-refractivity contribution in [2.24, 2.45) is 0 Å². The van der Waals surface area contributed by atoms with Gasteiger partial charge >= 0.3 is 5.97 Å². The number of hydrogen-bond donors (Lipinski definition) is 1. The number of rotatable bonds is 6. The minimum absolute atomic E-state index is 0.0108. The first-order valence-corrected chi connectivity index (χ1v) is 6.33. The summed E-state index contributed by atoms with van der Waals surface area (Å²) in [5, 5.41) is 2.77. The predicted octanol–water partition coefficient (Wildman–Crippen LogP) is 1.58. The summed E-state index contributed by atoms with van der Waals surface area (Å²) in [6.07, 6.45) is 0.334. The van der Waals surface area contributed by atoms with Crippen molar-refractivity contribution in [3.63, 3.8) is 0 Å². The maximum Gasteiger partial charge on any atom is 0.306 e. The monoisotopic (exact) mass is 247 g/mol. The average Bonchev–Trinajstić information content (AvgIpc) is 2.16. The molecule has 0 saturated heterocycles. The van der Waals surface area contributed by atoms with Gasteiger partial charge in [0.05, 0.1) is 18.8 Å². The first-order chi connectivity index (χ1) is 7.36. The summed E-state index contributed by atoms with van der Waals surface area (Å²) < 4.78 is 4.57. The Morgan fingerprint density at radius 3 is 2.25 bits per heavy atom. The van der Waals surface area contributed by atoms with Crippen molar-refractivity contribution in [3.05, 3.63) is 0 Å². The standard InChI is InChI=1S/C11H21NO3S/c1-7(2)12-11(14)9(4)16-8(3)6-10(13)15-5/h7-9H,6H2,1-5H3,(H,12,14). The normalized spacial score (nSPS) is 14.4. The van der Waals surface area contributed by atoms with Gasteiger partial charge in [-0.25, -0.2) is 0 Å². The molecule has 0 aliphatic carbocycles. The summed E-state index contributed by atoms with van der Waals surface area (Å²) in [4.78, 5) is 22.6. The molecule has 0 spiro atoms. The highest BCUT2D eigenvalue weighted by Crippen LogP contribution is 2.20. The van der Waals surface area contributed by atoms with Crippen LogP contribution < -0.4 is 5.32 Å². The number of nitrogens with one attached hydrogen (secondary N) is 1. The van der Waals surface area contributed by atoms with Crippen LogP contribution in [-0.2, 0) is 14.3 Å². The van der Waals surface area contributed by atoms with Crippen molar-refractivity contribution in [2.75, 3.05) is 7.11 Å². The zero-order chi connectivity index (χ0) is 12.7. The minimum atomic E-state index is -0.239. The first-order valence-electron chi connectivity index (χ1n) is 5.39. The highest BCUT2D eigenvalue weighted by atomic mass is 32.2. The summed E-state index contributed by atoms with van der Waals surface area (Å²) in [5.74, 6) is -0.229. The average molecular weight is 247 g/mol. The Hall–Kier alpha value is -0.710. The Labute approximate surface area is 101 Å². The molecule has 0 aliphatic heterocycles. The van der Waals surface area contributed by atoms with Crippen LogP contribution in [0.1, 0.15) is 34.1 Å². The van der Waals surface area contributed by atoms with Crippen LogP contribution in [0.15, 0.2) is 0 Å². The van der Waals surface area contributed by atoms with Crippen LogP contribution in [0.2, 0.25) is 0 Å². The summed E-state index contributed by atoms with van der Waals surface area (Å²) >= 11 is 1.48. The molecule has 2 atom stereocenters. The number of thioether (sulfide) groups is 1. The lowest BCUT2D eigenvalue weighted by molar-refractivity contribution is -0.140. The molecule has 16 heavy (non-hydrogen) atoms. The molecule has 1 N–H and O–H groups in total. The summed E-state index contributed by atoms with van der Waals surface area (Å²) in [5.41, 5.74) is 0. The van der Waals surface area contributed by atoms with E-state index in [-0.39, 0.29) is 28.4 Å². The smallest absolute Gasteiger partial charge is 0.306 e. The van der Waals surface area contributed by atoms with Crippen molar-refractivity contribution >= 4 is 23.6 Å². The van der Waals surface area contributed by atoms with E-state index >= 15 is 0 Å². The molecule has 0 heterocycles. The van der Waals surface area contributed by atoms with Gasteiger partial charge in [-0.15, -0.1) is 11.8 Å². The van der Waals surface area contributed by atoms with Gasteiger partial charge in [-0.1, -0.05) is 6.92 Å². The van der Waals surface area contributed by atoms with Gasteiger partial charge in [-0.05, 0) is 20.8 Å².